The Morgan fingerprint density at radius 3 is 2.19 bits per heavy atom. The molecule has 0 aromatic heterocycles. The Morgan fingerprint density at radius 1 is 0.926 bits per heavy atom. The molecule has 0 aliphatic carbocycles. The maximum atomic E-state index is 12.4. The Balaban J connectivity index is 2.06. The number of hydrogen-bond donors (Lipinski definition) is 2. The zero-order chi connectivity index (χ0) is 20.0. The van der Waals surface area contributed by atoms with Crippen LogP contribution < -0.4 is 24.8 Å². The van der Waals surface area contributed by atoms with Crippen LogP contribution in [0.3, 0.4) is 0 Å². The summed E-state index contributed by atoms with van der Waals surface area (Å²) in [5.74, 6) is 1.96. The van der Waals surface area contributed by atoms with Gasteiger partial charge in [0, 0.05) is 12.0 Å². The maximum absolute atomic E-state index is 12.4. The SMILES string of the molecule is COc1ccc(C)cc1NC(=O)NCC(C)(C)c1ccc(OC)c(OC)c1. The number of nitrogens with one attached hydrogen (secondary N) is 2. The minimum absolute atomic E-state index is 0.285. The molecule has 2 rings (SSSR count). The molecule has 6 nitrogen and oxygen atoms in total. The number of methoxy groups -OCH3 is 3. The van der Waals surface area contributed by atoms with E-state index in [0.29, 0.717) is 29.5 Å². The molecule has 146 valence electrons. The Morgan fingerprint density at radius 2 is 1.56 bits per heavy atom. The van der Waals surface area contributed by atoms with E-state index in [-0.39, 0.29) is 11.4 Å². The fourth-order valence-corrected chi connectivity index (χ4v) is 2.75. The molecule has 0 radical (unpaired) electrons. The molecule has 0 saturated heterocycles. The summed E-state index contributed by atoms with van der Waals surface area (Å²) in [7, 11) is 4.79. The first kappa shape index (κ1) is 20.4. The van der Waals surface area contributed by atoms with Crippen molar-refractivity contribution in [2.45, 2.75) is 26.2 Å². The van der Waals surface area contributed by atoms with Crippen molar-refractivity contribution in [3.63, 3.8) is 0 Å². The van der Waals surface area contributed by atoms with Crippen molar-refractivity contribution in [3.8, 4) is 17.2 Å². The van der Waals surface area contributed by atoms with Gasteiger partial charge in [0.15, 0.2) is 11.5 Å². The molecule has 0 unspecified atom stereocenters. The quantitative estimate of drug-likeness (QED) is 0.767. The van der Waals surface area contributed by atoms with Crippen molar-refractivity contribution < 1.29 is 19.0 Å². The van der Waals surface area contributed by atoms with Gasteiger partial charge in [0.1, 0.15) is 5.75 Å². The highest BCUT2D eigenvalue weighted by molar-refractivity contribution is 5.91. The third kappa shape index (κ3) is 5.06. The summed E-state index contributed by atoms with van der Waals surface area (Å²) < 4.78 is 16.0. The fourth-order valence-electron chi connectivity index (χ4n) is 2.75. The number of benzene rings is 2. The molecule has 0 fully saturated rings. The average molecular weight is 372 g/mol. The lowest BCUT2D eigenvalue weighted by Gasteiger charge is -2.26. The van der Waals surface area contributed by atoms with Crippen LogP contribution in [0, 0.1) is 6.92 Å². The van der Waals surface area contributed by atoms with Crippen LogP contribution in [0.1, 0.15) is 25.0 Å². The molecule has 0 aliphatic rings. The van der Waals surface area contributed by atoms with Gasteiger partial charge in [-0.1, -0.05) is 26.0 Å². The summed E-state index contributed by atoms with van der Waals surface area (Å²) in [5.41, 5.74) is 2.41. The van der Waals surface area contributed by atoms with Crippen molar-refractivity contribution >= 4 is 11.7 Å². The normalized spacial score (nSPS) is 10.9. The van der Waals surface area contributed by atoms with Crippen molar-refractivity contribution in [1.29, 1.82) is 0 Å². The van der Waals surface area contributed by atoms with E-state index in [1.165, 1.54) is 0 Å². The summed E-state index contributed by atoms with van der Waals surface area (Å²) in [6.07, 6.45) is 0. The molecule has 2 amide bonds. The van der Waals surface area contributed by atoms with Crippen molar-refractivity contribution in [2.75, 3.05) is 33.2 Å². The van der Waals surface area contributed by atoms with E-state index in [2.05, 4.69) is 24.5 Å². The summed E-state index contributed by atoms with van der Waals surface area (Å²) in [4.78, 5) is 12.4. The average Bonchev–Trinajstić information content (AvgIpc) is 2.66. The first-order valence-electron chi connectivity index (χ1n) is 8.72. The molecule has 0 saturated carbocycles. The highest BCUT2D eigenvalue weighted by atomic mass is 16.5. The van der Waals surface area contributed by atoms with Crippen LogP contribution in [-0.2, 0) is 5.41 Å². The first-order valence-corrected chi connectivity index (χ1v) is 8.72. The van der Waals surface area contributed by atoms with Gasteiger partial charge in [0.05, 0.1) is 27.0 Å². The highest BCUT2D eigenvalue weighted by Gasteiger charge is 2.23. The Hall–Kier alpha value is -2.89. The largest absolute Gasteiger partial charge is 0.495 e. The van der Waals surface area contributed by atoms with Crippen LogP contribution in [0.2, 0.25) is 0 Å². The second kappa shape index (κ2) is 8.66. The van der Waals surface area contributed by atoms with Gasteiger partial charge in [0.2, 0.25) is 0 Å². The zero-order valence-corrected chi connectivity index (χ0v) is 16.8. The van der Waals surface area contributed by atoms with Crippen LogP contribution in [0.15, 0.2) is 36.4 Å². The molecule has 27 heavy (non-hydrogen) atoms. The number of ether oxygens (including phenoxy) is 3. The number of amides is 2. The monoisotopic (exact) mass is 372 g/mol. The van der Waals surface area contributed by atoms with Gasteiger partial charge in [0.25, 0.3) is 0 Å². The topological polar surface area (TPSA) is 68.8 Å². The predicted octanol–water partition coefficient (Wildman–Crippen LogP) is 4.12. The van der Waals surface area contributed by atoms with Gasteiger partial charge < -0.3 is 24.8 Å². The third-order valence-electron chi connectivity index (χ3n) is 4.46. The molecule has 0 aliphatic heterocycles. The number of carbonyl (C=O) groups is 1. The van der Waals surface area contributed by atoms with Crippen LogP contribution in [0.5, 0.6) is 17.2 Å². The molecule has 0 heterocycles. The molecule has 2 N–H and O–H groups in total. The van der Waals surface area contributed by atoms with E-state index in [1.807, 2.05) is 43.3 Å². The van der Waals surface area contributed by atoms with Crippen molar-refractivity contribution in [1.82, 2.24) is 5.32 Å². The van der Waals surface area contributed by atoms with Crippen molar-refractivity contribution in [3.05, 3.63) is 47.5 Å². The van der Waals surface area contributed by atoms with Gasteiger partial charge >= 0.3 is 6.03 Å². The Kier molecular flexibility index (Phi) is 6.55. The van der Waals surface area contributed by atoms with Crippen molar-refractivity contribution in [2.24, 2.45) is 0 Å². The highest BCUT2D eigenvalue weighted by Crippen LogP contribution is 2.33. The van der Waals surface area contributed by atoms with E-state index in [0.717, 1.165) is 11.1 Å². The fraction of sp³-hybridized carbons (Fsp3) is 0.381. The second-order valence-corrected chi connectivity index (χ2v) is 6.97. The second-order valence-electron chi connectivity index (χ2n) is 6.97. The minimum atomic E-state index is -0.298. The summed E-state index contributed by atoms with van der Waals surface area (Å²) >= 11 is 0. The first-order chi connectivity index (χ1) is 12.8. The van der Waals surface area contributed by atoms with Crippen LogP contribution >= 0.6 is 0 Å². The molecule has 2 aromatic carbocycles. The summed E-state index contributed by atoms with van der Waals surface area (Å²) in [6, 6.07) is 11.1. The van der Waals surface area contributed by atoms with E-state index < -0.39 is 0 Å². The summed E-state index contributed by atoms with van der Waals surface area (Å²) in [5, 5.41) is 5.78. The van der Waals surface area contributed by atoms with Gasteiger partial charge in [-0.05, 0) is 42.3 Å². The van der Waals surface area contributed by atoms with E-state index in [1.54, 1.807) is 21.3 Å². The molecular formula is C21H28N2O4. The zero-order valence-electron chi connectivity index (χ0n) is 16.8. The van der Waals surface area contributed by atoms with E-state index >= 15 is 0 Å². The number of rotatable bonds is 7. The third-order valence-corrected chi connectivity index (χ3v) is 4.46. The molecule has 2 aromatic rings. The lowest BCUT2D eigenvalue weighted by atomic mass is 9.84. The predicted molar refractivity (Wildman–Crippen MR) is 107 cm³/mol. The van der Waals surface area contributed by atoms with Gasteiger partial charge in [-0.25, -0.2) is 4.79 Å². The Bertz CT molecular complexity index is 803. The van der Waals surface area contributed by atoms with Crippen LogP contribution in [-0.4, -0.2) is 33.9 Å². The van der Waals surface area contributed by atoms with E-state index in [9.17, 15) is 4.79 Å². The number of hydrogen-bond acceptors (Lipinski definition) is 4. The number of carbonyl (C=O) groups excluding carboxylic acids is 1. The molecule has 0 atom stereocenters. The van der Waals surface area contributed by atoms with Gasteiger partial charge in [-0.15, -0.1) is 0 Å². The smallest absolute Gasteiger partial charge is 0.319 e. The van der Waals surface area contributed by atoms with Gasteiger partial charge in [-0.3, -0.25) is 0 Å². The molecular weight excluding hydrogens is 344 g/mol. The lowest BCUT2D eigenvalue weighted by molar-refractivity contribution is 0.249. The lowest BCUT2D eigenvalue weighted by Crippen LogP contribution is -2.39. The van der Waals surface area contributed by atoms with Crippen LogP contribution in [0.25, 0.3) is 0 Å². The molecule has 6 heteroatoms. The number of anilines is 1. The molecule has 0 spiro atoms. The van der Waals surface area contributed by atoms with Gasteiger partial charge in [-0.2, -0.15) is 0 Å². The van der Waals surface area contributed by atoms with E-state index in [4.69, 9.17) is 14.2 Å². The number of aryl methyl sites for hydroxylation is 1. The van der Waals surface area contributed by atoms with Crippen LogP contribution in [0.4, 0.5) is 10.5 Å². The standard InChI is InChI=1S/C21H28N2O4/c1-14-7-9-17(25-4)16(11-14)23-20(24)22-13-21(2,3)15-8-10-18(26-5)19(12-15)27-6/h7-12H,13H2,1-6H3,(H2,22,23,24). The maximum Gasteiger partial charge on any atom is 0.319 e. The molecule has 0 bridgehead atoms. The number of urea groups is 1. The Labute approximate surface area is 160 Å². The summed E-state index contributed by atoms with van der Waals surface area (Å²) in [6.45, 7) is 6.52. The minimum Gasteiger partial charge on any atom is -0.495 e.